The van der Waals surface area contributed by atoms with Gasteiger partial charge in [-0.25, -0.2) is 0 Å². The van der Waals surface area contributed by atoms with Crippen LogP contribution in [0, 0.1) is 0 Å². The van der Waals surface area contributed by atoms with Gasteiger partial charge in [-0.1, -0.05) is 31.4 Å². The third-order valence-corrected chi connectivity index (χ3v) is 8.96. The second kappa shape index (κ2) is 12.8. The molecule has 1 aliphatic carbocycles. The molecule has 3 amide bonds. The zero-order valence-electron chi connectivity index (χ0n) is 23.9. The van der Waals surface area contributed by atoms with Crippen LogP contribution in [0.4, 0.5) is 0 Å². The Morgan fingerprint density at radius 2 is 1.56 bits per heavy atom. The van der Waals surface area contributed by atoms with E-state index in [4.69, 9.17) is 4.74 Å². The zero-order chi connectivity index (χ0) is 28.3. The number of hydrogen-bond donors (Lipinski definition) is 3. The van der Waals surface area contributed by atoms with Gasteiger partial charge in [0.05, 0.1) is 5.60 Å². The normalized spacial score (nSPS) is 22.0. The van der Waals surface area contributed by atoms with E-state index in [-0.39, 0.29) is 30.1 Å². The van der Waals surface area contributed by atoms with Gasteiger partial charge in [0.2, 0.25) is 11.8 Å². The molecule has 0 bridgehead atoms. The second-order valence-electron chi connectivity index (χ2n) is 11.6. The number of halogens is 1. The Labute approximate surface area is 248 Å². The van der Waals surface area contributed by atoms with E-state index in [1.165, 1.54) is 0 Å². The van der Waals surface area contributed by atoms with Crippen molar-refractivity contribution in [3.05, 3.63) is 59.7 Å². The lowest BCUT2D eigenvalue weighted by Crippen LogP contribution is -2.72. The molecule has 9 nitrogen and oxygen atoms in total. The molecule has 2 aromatic carbocycles. The summed E-state index contributed by atoms with van der Waals surface area (Å²) in [5, 5.41) is 16.6. The molecule has 2 saturated heterocycles. The summed E-state index contributed by atoms with van der Waals surface area (Å²) >= 11 is 0. The Bertz CT molecular complexity index is 1220. The molecule has 3 N–H and O–H groups in total. The van der Waals surface area contributed by atoms with E-state index in [1.54, 1.807) is 43.3 Å². The Kier molecular flexibility index (Phi) is 9.62. The van der Waals surface area contributed by atoms with E-state index in [0.717, 1.165) is 31.4 Å². The number of piperidine rings is 1. The highest BCUT2D eigenvalue weighted by Gasteiger charge is 2.53. The largest absolute Gasteiger partial charge is 0.457 e. The van der Waals surface area contributed by atoms with Crippen molar-refractivity contribution in [1.82, 2.24) is 20.4 Å². The molecule has 3 fully saturated rings. The molecule has 0 radical (unpaired) electrons. The standard InChI is InChI=1S/C31H40N4O5.ClH/c1-32-27(36)23-8-12-25(13-9-23)40-24-10-6-22(7-11-24)21-35-18-16-31(17-19-35)29(38)33-26(28(37)34(31)2)20-30(39)14-4-3-5-15-30;/h6-13,26,39H,3-5,14-21H2,1-2H3,(H,32,36)(H,33,38);1H/t26-;/m1./s1. The van der Waals surface area contributed by atoms with Crippen molar-refractivity contribution < 1.29 is 24.2 Å². The minimum absolute atomic E-state index is 0. The van der Waals surface area contributed by atoms with Gasteiger partial charge in [-0.05, 0) is 67.6 Å². The zero-order valence-corrected chi connectivity index (χ0v) is 24.7. The third-order valence-electron chi connectivity index (χ3n) is 8.96. The molecule has 2 aromatic rings. The molecular formula is C31H41ClN4O5. The lowest BCUT2D eigenvalue weighted by atomic mass is 9.77. The number of rotatable bonds is 7. The molecule has 10 heteroatoms. The first-order valence-electron chi connectivity index (χ1n) is 14.3. The molecule has 5 rings (SSSR count). The maximum atomic E-state index is 13.4. The fraction of sp³-hybridized carbons (Fsp3) is 0.516. The lowest BCUT2D eigenvalue weighted by Gasteiger charge is -2.51. The Balaban J connectivity index is 0.00000387. The van der Waals surface area contributed by atoms with Gasteiger partial charge in [0.1, 0.15) is 23.1 Å². The first kappa shape index (κ1) is 30.8. The third kappa shape index (κ3) is 6.68. The van der Waals surface area contributed by atoms with E-state index in [0.29, 0.717) is 62.3 Å². The summed E-state index contributed by atoms with van der Waals surface area (Å²) in [6.45, 7) is 2.15. The number of nitrogens with zero attached hydrogens (tertiary/aromatic N) is 2. The number of carbonyl (C=O) groups excluding carboxylic acids is 3. The van der Waals surface area contributed by atoms with Crippen LogP contribution in [-0.2, 0) is 16.1 Å². The van der Waals surface area contributed by atoms with Crippen LogP contribution in [0.5, 0.6) is 11.5 Å². The van der Waals surface area contributed by atoms with Gasteiger partial charge in [0.25, 0.3) is 5.91 Å². The highest BCUT2D eigenvalue weighted by Crippen LogP contribution is 2.37. The van der Waals surface area contributed by atoms with Crippen LogP contribution >= 0.6 is 12.4 Å². The van der Waals surface area contributed by atoms with Gasteiger partial charge >= 0.3 is 0 Å². The number of nitrogens with one attached hydrogen (secondary N) is 2. The number of piperazine rings is 1. The lowest BCUT2D eigenvalue weighted by molar-refractivity contribution is -0.161. The van der Waals surface area contributed by atoms with E-state index < -0.39 is 17.2 Å². The minimum atomic E-state index is -0.863. The molecule has 3 aliphatic rings. The molecule has 2 aliphatic heterocycles. The highest BCUT2D eigenvalue weighted by molar-refractivity contribution is 6.00. The maximum absolute atomic E-state index is 13.4. The van der Waals surface area contributed by atoms with Crippen LogP contribution in [0.1, 0.15) is 67.3 Å². The molecule has 41 heavy (non-hydrogen) atoms. The second-order valence-corrected chi connectivity index (χ2v) is 11.6. The van der Waals surface area contributed by atoms with Crippen molar-refractivity contribution in [2.45, 2.75) is 75.1 Å². The van der Waals surface area contributed by atoms with E-state index in [9.17, 15) is 19.5 Å². The van der Waals surface area contributed by atoms with Crippen LogP contribution in [0.25, 0.3) is 0 Å². The first-order valence-corrected chi connectivity index (χ1v) is 14.3. The van der Waals surface area contributed by atoms with E-state index >= 15 is 0 Å². The molecule has 2 heterocycles. The number of amides is 3. The van der Waals surface area contributed by atoms with Crippen LogP contribution in [0.3, 0.4) is 0 Å². The van der Waals surface area contributed by atoms with Gasteiger partial charge in [-0.3, -0.25) is 19.3 Å². The van der Waals surface area contributed by atoms with Crippen LogP contribution in [0.2, 0.25) is 0 Å². The van der Waals surface area contributed by atoms with Gasteiger partial charge in [0.15, 0.2) is 0 Å². The number of likely N-dealkylation sites (tertiary alicyclic amines) is 1. The van der Waals surface area contributed by atoms with Crippen molar-refractivity contribution in [1.29, 1.82) is 0 Å². The van der Waals surface area contributed by atoms with Crippen LogP contribution in [-0.4, -0.2) is 77.0 Å². The SMILES string of the molecule is CNC(=O)c1ccc(Oc2ccc(CN3CCC4(CC3)C(=O)N[C@H](CC3(O)CCCCC3)C(=O)N4C)cc2)cc1.Cl. The number of ether oxygens (including phenoxy) is 1. The molecule has 0 aromatic heterocycles. The average Bonchev–Trinajstić information content (AvgIpc) is 2.97. The number of likely N-dealkylation sites (N-methyl/N-ethyl adjacent to an activating group) is 1. The maximum Gasteiger partial charge on any atom is 0.251 e. The highest BCUT2D eigenvalue weighted by atomic mass is 35.5. The molecule has 1 spiro atoms. The van der Waals surface area contributed by atoms with Gasteiger partial charge < -0.3 is 25.4 Å². The monoisotopic (exact) mass is 584 g/mol. The van der Waals surface area contributed by atoms with Crippen LogP contribution < -0.4 is 15.4 Å². The smallest absolute Gasteiger partial charge is 0.251 e. The summed E-state index contributed by atoms with van der Waals surface area (Å²) in [5.74, 6) is 1.04. The number of carbonyl (C=O) groups is 3. The van der Waals surface area contributed by atoms with Gasteiger partial charge in [0, 0.05) is 45.7 Å². The van der Waals surface area contributed by atoms with Crippen molar-refractivity contribution in [2.75, 3.05) is 27.2 Å². The average molecular weight is 585 g/mol. The molecule has 1 saturated carbocycles. The summed E-state index contributed by atoms with van der Waals surface area (Å²) in [4.78, 5) is 42.4. The molecule has 0 unspecified atom stereocenters. The van der Waals surface area contributed by atoms with E-state index in [2.05, 4.69) is 15.5 Å². The Morgan fingerprint density at radius 1 is 0.976 bits per heavy atom. The summed E-state index contributed by atoms with van der Waals surface area (Å²) in [6.07, 6.45) is 5.86. The number of hydrogen-bond acceptors (Lipinski definition) is 6. The first-order chi connectivity index (χ1) is 19.2. The fourth-order valence-electron chi connectivity index (χ4n) is 6.40. The summed E-state index contributed by atoms with van der Waals surface area (Å²) < 4.78 is 5.92. The fourth-order valence-corrected chi connectivity index (χ4v) is 6.40. The van der Waals surface area contributed by atoms with Crippen LogP contribution in [0.15, 0.2) is 48.5 Å². The summed E-state index contributed by atoms with van der Waals surface area (Å²) in [7, 11) is 3.35. The topological polar surface area (TPSA) is 111 Å². The number of benzene rings is 2. The Hall–Kier alpha value is -3.14. The predicted molar refractivity (Wildman–Crippen MR) is 158 cm³/mol. The summed E-state index contributed by atoms with van der Waals surface area (Å²) in [5.41, 5.74) is 0.0206. The molecular weight excluding hydrogens is 544 g/mol. The molecule has 1 atom stereocenters. The molecule has 222 valence electrons. The van der Waals surface area contributed by atoms with Crippen molar-refractivity contribution in [3.63, 3.8) is 0 Å². The van der Waals surface area contributed by atoms with Gasteiger partial charge in [-0.15, -0.1) is 12.4 Å². The quantitative estimate of drug-likeness (QED) is 0.458. The Morgan fingerprint density at radius 3 is 2.15 bits per heavy atom. The summed E-state index contributed by atoms with van der Waals surface area (Å²) in [6, 6.07) is 14.2. The minimum Gasteiger partial charge on any atom is -0.457 e. The number of aliphatic hydroxyl groups is 1. The van der Waals surface area contributed by atoms with Crippen molar-refractivity contribution in [2.24, 2.45) is 0 Å². The predicted octanol–water partition coefficient (Wildman–Crippen LogP) is 3.64. The van der Waals surface area contributed by atoms with E-state index in [1.807, 2.05) is 24.3 Å². The van der Waals surface area contributed by atoms with Crippen molar-refractivity contribution in [3.8, 4) is 11.5 Å². The van der Waals surface area contributed by atoms with Crippen molar-refractivity contribution >= 4 is 30.1 Å². The van der Waals surface area contributed by atoms with Gasteiger partial charge in [-0.2, -0.15) is 0 Å².